The molecular formula is C10H18N2O4S2. The monoisotopic (exact) mass is 294 g/mol. The molecule has 0 heterocycles. The van der Waals surface area contributed by atoms with E-state index < -0.39 is 12.2 Å². The quantitative estimate of drug-likeness (QED) is 0.623. The minimum Gasteiger partial charge on any atom is -0.446 e. The summed E-state index contributed by atoms with van der Waals surface area (Å²) in [4.78, 5) is 23.1. The summed E-state index contributed by atoms with van der Waals surface area (Å²) in [5, 5.41) is 0.852. The van der Waals surface area contributed by atoms with Crippen molar-refractivity contribution >= 4 is 40.5 Å². The first-order chi connectivity index (χ1) is 8.27. The third kappa shape index (κ3) is 6.65. The predicted octanol–water partition coefficient (Wildman–Crippen LogP) is 2.53. The van der Waals surface area contributed by atoms with Crippen molar-refractivity contribution in [3.8, 4) is 0 Å². The summed E-state index contributed by atoms with van der Waals surface area (Å²) < 4.78 is 9.99. The first-order valence-electron chi connectivity index (χ1n) is 5.33. The zero-order chi connectivity index (χ0) is 14.3. The molecule has 8 heteroatoms. The van der Waals surface area contributed by atoms with Crippen molar-refractivity contribution in [2.45, 2.75) is 39.9 Å². The summed E-state index contributed by atoms with van der Waals surface area (Å²) in [6, 6.07) is 0. The zero-order valence-electron chi connectivity index (χ0n) is 11.1. The van der Waals surface area contributed by atoms with Gasteiger partial charge in [0.1, 0.15) is 0 Å². The van der Waals surface area contributed by atoms with Gasteiger partial charge in [-0.15, -0.1) is 0 Å². The van der Waals surface area contributed by atoms with E-state index in [2.05, 4.69) is 5.43 Å². The molecule has 0 aliphatic rings. The lowest BCUT2D eigenvalue weighted by molar-refractivity contribution is 0.0696. The van der Waals surface area contributed by atoms with Crippen LogP contribution in [-0.4, -0.2) is 40.0 Å². The van der Waals surface area contributed by atoms with E-state index >= 15 is 0 Å². The summed E-state index contributed by atoms with van der Waals surface area (Å²) in [5.74, 6) is 0. The van der Waals surface area contributed by atoms with Gasteiger partial charge >= 0.3 is 12.2 Å². The second-order valence-corrected chi connectivity index (χ2v) is 5.24. The molecule has 0 unspecified atom stereocenters. The Hall–Kier alpha value is -1.02. The van der Waals surface area contributed by atoms with Gasteiger partial charge in [0.15, 0.2) is 4.32 Å². The van der Waals surface area contributed by atoms with Crippen LogP contribution >= 0.6 is 24.0 Å². The summed E-state index contributed by atoms with van der Waals surface area (Å²) in [7, 11) is 0. The average molecular weight is 294 g/mol. The van der Waals surface area contributed by atoms with Crippen LogP contribution in [-0.2, 0) is 9.47 Å². The Balaban J connectivity index is 4.64. The molecule has 0 aromatic heterocycles. The lowest BCUT2D eigenvalue weighted by Gasteiger charge is -2.23. The molecule has 0 aromatic rings. The highest BCUT2D eigenvalue weighted by atomic mass is 32.2. The Morgan fingerprint density at radius 2 is 1.67 bits per heavy atom. The topological polar surface area (TPSA) is 67.9 Å². The largest absolute Gasteiger partial charge is 0.446 e. The Bertz CT molecular complexity index is 321. The van der Waals surface area contributed by atoms with Crippen LogP contribution in [0.15, 0.2) is 0 Å². The molecule has 104 valence electrons. The fraction of sp³-hybridized carbons (Fsp3) is 0.700. The van der Waals surface area contributed by atoms with Crippen LogP contribution in [0.1, 0.15) is 27.7 Å². The van der Waals surface area contributed by atoms with Crippen LogP contribution in [0.3, 0.4) is 0 Å². The molecule has 0 spiro atoms. The number of hydrazine groups is 1. The Labute approximate surface area is 116 Å². The minimum atomic E-state index is -0.762. The fourth-order valence-electron chi connectivity index (χ4n) is 0.843. The van der Waals surface area contributed by atoms with E-state index in [4.69, 9.17) is 21.7 Å². The molecule has 0 saturated carbocycles. The highest BCUT2D eigenvalue weighted by Crippen LogP contribution is 2.07. The second kappa shape index (κ2) is 8.15. The van der Waals surface area contributed by atoms with Crippen molar-refractivity contribution in [3.63, 3.8) is 0 Å². The van der Waals surface area contributed by atoms with E-state index in [1.807, 2.05) is 0 Å². The lowest BCUT2D eigenvalue weighted by Crippen LogP contribution is -2.49. The van der Waals surface area contributed by atoms with E-state index in [0.29, 0.717) is 0 Å². The molecule has 6 nitrogen and oxygen atoms in total. The molecule has 0 radical (unpaired) electrons. The first-order valence-corrected chi connectivity index (χ1v) is 6.97. The second-order valence-electron chi connectivity index (χ2n) is 3.80. The van der Waals surface area contributed by atoms with Gasteiger partial charge in [0.05, 0.1) is 12.2 Å². The SMILES string of the molecule is CSC(=S)N(NC(=O)OC(C)C)C(=O)OC(C)C. The van der Waals surface area contributed by atoms with Crippen molar-refractivity contribution in [3.05, 3.63) is 0 Å². The summed E-state index contributed by atoms with van der Waals surface area (Å²) >= 11 is 6.09. The molecule has 0 aliphatic carbocycles. The molecular weight excluding hydrogens is 276 g/mol. The third-order valence-corrected chi connectivity index (χ3v) is 2.64. The van der Waals surface area contributed by atoms with E-state index in [0.717, 1.165) is 16.8 Å². The number of thioether (sulfide) groups is 1. The maximum absolute atomic E-state index is 11.7. The molecule has 0 saturated heterocycles. The predicted molar refractivity (Wildman–Crippen MR) is 74.3 cm³/mol. The molecule has 0 atom stereocenters. The van der Waals surface area contributed by atoms with Gasteiger partial charge in [0, 0.05) is 0 Å². The van der Waals surface area contributed by atoms with Crippen LogP contribution in [0.5, 0.6) is 0 Å². The highest BCUT2D eigenvalue weighted by molar-refractivity contribution is 8.22. The van der Waals surface area contributed by atoms with Crippen molar-refractivity contribution in [2.75, 3.05) is 6.26 Å². The lowest BCUT2D eigenvalue weighted by atomic mass is 10.5. The Morgan fingerprint density at radius 1 is 1.17 bits per heavy atom. The molecule has 2 amide bonds. The highest BCUT2D eigenvalue weighted by Gasteiger charge is 2.23. The molecule has 0 aliphatic heterocycles. The standard InChI is InChI=1S/C10H18N2O4S2/c1-6(2)15-8(13)11-12(10(17)18-5)9(14)16-7(3)4/h6-7H,1-5H3,(H,11,13). The number of rotatable bonds is 2. The van der Waals surface area contributed by atoms with Crippen molar-refractivity contribution in [1.82, 2.24) is 10.4 Å². The average Bonchev–Trinajstić information content (AvgIpc) is 2.22. The number of nitrogens with zero attached hydrogens (tertiary/aromatic N) is 1. The third-order valence-electron chi connectivity index (χ3n) is 1.42. The number of hydrogen-bond donors (Lipinski definition) is 1. The van der Waals surface area contributed by atoms with Gasteiger partial charge in [-0.3, -0.25) is 0 Å². The maximum Gasteiger partial charge on any atom is 0.435 e. The van der Waals surface area contributed by atoms with E-state index in [-0.39, 0.29) is 16.5 Å². The molecule has 0 bridgehead atoms. The van der Waals surface area contributed by atoms with Gasteiger partial charge in [-0.05, 0) is 34.0 Å². The summed E-state index contributed by atoms with van der Waals surface area (Å²) in [6.45, 7) is 6.79. The smallest absolute Gasteiger partial charge is 0.435 e. The number of hydrogen-bond acceptors (Lipinski definition) is 6. The van der Waals surface area contributed by atoms with Crippen molar-refractivity contribution in [2.24, 2.45) is 0 Å². The summed E-state index contributed by atoms with van der Waals surface area (Å²) in [6.07, 6.45) is -0.427. The first kappa shape index (κ1) is 17.0. The van der Waals surface area contributed by atoms with E-state index in [1.54, 1.807) is 34.0 Å². The summed E-state index contributed by atoms with van der Waals surface area (Å²) in [5.41, 5.74) is 2.24. The van der Waals surface area contributed by atoms with Gasteiger partial charge in [0.25, 0.3) is 0 Å². The molecule has 0 rings (SSSR count). The van der Waals surface area contributed by atoms with Crippen LogP contribution in [0.2, 0.25) is 0 Å². The zero-order valence-corrected chi connectivity index (χ0v) is 12.7. The number of ether oxygens (including phenoxy) is 2. The Morgan fingerprint density at radius 3 is 2.06 bits per heavy atom. The van der Waals surface area contributed by atoms with Crippen LogP contribution in [0.25, 0.3) is 0 Å². The van der Waals surface area contributed by atoms with E-state index in [9.17, 15) is 9.59 Å². The Kier molecular flexibility index (Phi) is 7.69. The van der Waals surface area contributed by atoms with Gasteiger partial charge in [-0.1, -0.05) is 24.0 Å². The van der Waals surface area contributed by atoms with Crippen LogP contribution < -0.4 is 5.43 Å². The number of carbonyl (C=O) groups is 2. The minimum absolute atomic E-state index is 0.168. The van der Waals surface area contributed by atoms with Crippen LogP contribution in [0, 0.1) is 0 Å². The normalized spacial score (nSPS) is 10.2. The van der Waals surface area contributed by atoms with Gasteiger partial charge in [-0.25, -0.2) is 15.0 Å². The number of amides is 2. The maximum atomic E-state index is 11.7. The molecule has 0 aromatic carbocycles. The van der Waals surface area contributed by atoms with Crippen molar-refractivity contribution < 1.29 is 19.1 Å². The number of thiocarbonyl (C=S) groups is 1. The molecule has 18 heavy (non-hydrogen) atoms. The fourth-order valence-corrected chi connectivity index (χ4v) is 1.27. The van der Waals surface area contributed by atoms with Crippen molar-refractivity contribution in [1.29, 1.82) is 0 Å². The molecule has 0 fully saturated rings. The van der Waals surface area contributed by atoms with Gasteiger partial charge < -0.3 is 9.47 Å². The van der Waals surface area contributed by atoms with E-state index in [1.165, 1.54) is 0 Å². The molecule has 1 N–H and O–H groups in total. The number of carbonyl (C=O) groups excluding carboxylic acids is 2. The van der Waals surface area contributed by atoms with Gasteiger partial charge in [-0.2, -0.15) is 5.01 Å². The van der Waals surface area contributed by atoms with Crippen LogP contribution in [0.4, 0.5) is 9.59 Å². The van der Waals surface area contributed by atoms with Gasteiger partial charge in [0.2, 0.25) is 0 Å². The number of nitrogens with one attached hydrogen (secondary N) is 1.